The monoisotopic (exact) mass is 361 g/mol. The van der Waals surface area contributed by atoms with Crippen molar-refractivity contribution in [3.05, 3.63) is 71.8 Å². The number of rotatable bonds is 7. The molecule has 0 unspecified atom stereocenters. The van der Waals surface area contributed by atoms with E-state index >= 15 is 0 Å². The molecule has 0 spiro atoms. The first-order valence-electron chi connectivity index (χ1n) is 9.36. The third-order valence-corrected chi connectivity index (χ3v) is 4.59. The Morgan fingerprint density at radius 3 is 2.37 bits per heavy atom. The zero-order chi connectivity index (χ0) is 19.2. The van der Waals surface area contributed by atoms with Crippen LogP contribution in [-0.2, 0) is 6.42 Å². The summed E-state index contributed by atoms with van der Waals surface area (Å²) in [7, 11) is 2.08. The summed E-state index contributed by atoms with van der Waals surface area (Å²) in [5.74, 6) is 2.66. The van der Waals surface area contributed by atoms with E-state index in [4.69, 9.17) is 4.98 Å². The van der Waals surface area contributed by atoms with Crippen LogP contribution in [0.15, 0.2) is 54.9 Å². The molecular weight excluding hydrogens is 334 g/mol. The van der Waals surface area contributed by atoms with E-state index in [-0.39, 0.29) is 0 Å². The number of pyridine rings is 1. The van der Waals surface area contributed by atoms with Crippen molar-refractivity contribution in [2.24, 2.45) is 0 Å². The summed E-state index contributed by atoms with van der Waals surface area (Å²) >= 11 is 0. The van der Waals surface area contributed by atoms with Gasteiger partial charge < -0.3 is 9.80 Å². The zero-order valence-corrected chi connectivity index (χ0v) is 16.6. The van der Waals surface area contributed by atoms with Gasteiger partial charge in [-0.3, -0.25) is 4.98 Å². The van der Waals surface area contributed by atoms with Gasteiger partial charge in [0.05, 0.1) is 0 Å². The average Bonchev–Trinajstić information content (AvgIpc) is 2.67. The standard InChI is InChI=1S/C22H27N5/c1-5-27(20-8-6-7-17(2)15-20)22-16-21(24-18(3)25-22)26(4)14-11-19-9-12-23-13-10-19/h6-10,12-13,15-16H,5,11,14H2,1-4H3. The van der Waals surface area contributed by atoms with Crippen molar-refractivity contribution < 1.29 is 0 Å². The Morgan fingerprint density at radius 1 is 0.926 bits per heavy atom. The summed E-state index contributed by atoms with van der Waals surface area (Å²) in [6.07, 6.45) is 4.62. The first-order valence-corrected chi connectivity index (χ1v) is 9.36. The molecule has 0 fully saturated rings. The van der Waals surface area contributed by atoms with E-state index in [9.17, 15) is 0 Å². The molecule has 0 aliphatic rings. The van der Waals surface area contributed by atoms with Gasteiger partial charge in [0.1, 0.15) is 17.5 Å². The van der Waals surface area contributed by atoms with Crippen LogP contribution in [-0.4, -0.2) is 35.1 Å². The fraction of sp³-hybridized carbons (Fsp3) is 0.318. The van der Waals surface area contributed by atoms with Crippen molar-refractivity contribution >= 4 is 17.3 Å². The fourth-order valence-electron chi connectivity index (χ4n) is 3.10. The maximum atomic E-state index is 4.69. The summed E-state index contributed by atoms with van der Waals surface area (Å²) in [6, 6.07) is 14.7. The average molecular weight is 361 g/mol. The van der Waals surface area contributed by atoms with Crippen molar-refractivity contribution in [3.63, 3.8) is 0 Å². The molecule has 0 saturated carbocycles. The predicted octanol–water partition coefficient (Wildman–Crippen LogP) is 4.33. The molecule has 0 radical (unpaired) electrons. The number of hydrogen-bond acceptors (Lipinski definition) is 5. The molecule has 0 saturated heterocycles. The quantitative estimate of drug-likeness (QED) is 0.627. The Bertz CT molecular complexity index is 879. The molecule has 0 amide bonds. The van der Waals surface area contributed by atoms with Gasteiger partial charge in [-0.2, -0.15) is 0 Å². The van der Waals surface area contributed by atoms with Crippen LogP contribution in [0.25, 0.3) is 0 Å². The third-order valence-electron chi connectivity index (χ3n) is 4.59. The second-order valence-electron chi connectivity index (χ2n) is 6.74. The van der Waals surface area contributed by atoms with E-state index in [1.807, 2.05) is 19.3 Å². The Balaban J connectivity index is 1.82. The van der Waals surface area contributed by atoms with Crippen LogP contribution in [0.5, 0.6) is 0 Å². The zero-order valence-electron chi connectivity index (χ0n) is 16.6. The minimum absolute atomic E-state index is 0.782. The number of likely N-dealkylation sites (N-methyl/N-ethyl adjacent to an activating group) is 1. The van der Waals surface area contributed by atoms with E-state index < -0.39 is 0 Å². The number of hydrogen-bond donors (Lipinski definition) is 0. The van der Waals surface area contributed by atoms with E-state index in [2.05, 4.69) is 83.1 Å². The van der Waals surface area contributed by atoms with Gasteiger partial charge in [0, 0.05) is 44.3 Å². The van der Waals surface area contributed by atoms with Crippen molar-refractivity contribution in [2.45, 2.75) is 27.2 Å². The lowest BCUT2D eigenvalue weighted by atomic mass is 10.2. The Labute approximate surface area is 161 Å². The molecule has 3 rings (SSSR count). The summed E-state index contributed by atoms with van der Waals surface area (Å²) < 4.78 is 0. The summed E-state index contributed by atoms with van der Waals surface area (Å²) in [5, 5.41) is 0. The van der Waals surface area contributed by atoms with Gasteiger partial charge >= 0.3 is 0 Å². The molecule has 5 heteroatoms. The van der Waals surface area contributed by atoms with E-state index in [1.165, 1.54) is 11.1 Å². The lowest BCUT2D eigenvalue weighted by Crippen LogP contribution is -2.24. The Hall–Kier alpha value is -2.95. The number of benzene rings is 1. The molecule has 0 N–H and O–H groups in total. The van der Waals surface area contributed by atoms with Gasteiger partial charge in [0.2, 0.25) is 0 Å². The number of nitrogens with zero attached hydrogens (tertiary/aromatic N) is 5. The summed E-state index contributed by atoms with van der Waals surface area (Å²) in [6.45, 7) is 7.94. The van der Waals surface area contributed by atoms with Gasteiger partial charge in [-0.1, -0.05) is 12.1 Å². The molecule has 2 heterocycles. The second kappa shape index (κ2) is 8.62. The highest BCUT2D eigenvalue weighted by Crippen LogP contribution is 2.26. The highest BCUT2D eigenvalue weighted by Gasteiger charge is 2.13. The van der Waals surface area contributed by atoms with Gasteiger partial charge in [0.15, 0.2) is 0 Å². The van der Waals surface area contributed by atoms with Crippen LogP contribution in [0.3, 0.4) is 0 Å². The van der Waals surface area contributed by atoms with Crippen LogP contribution in [0.2, 0.25) is 0 Å². The van der Waals surface area contributed by atoms with Crippen molar-refractivity contribution in [1.29, 1.82) is 0 Å². The Kier molecular flexibility index (Phi) is 6.01. The SMILES string of the molecule is CCN(c1cccc(C)c1)c1cc(N(C)CCc2ccncc2)nc(C)n1. The third kappa shape index (κ3) is 4.82. The largest absolute Gasteiger partial charge is 0.359 e. The van der Waals surface area contributed by atoms with Gasteiger partial charge in [0.25, 0.3) is 0 Å². The van der Waals surface area contributed by atoms with Gasteiger partial charge in [-0.25, -0.2) is 9.97 Å². The van der Waals surface area contributed by atoms with Crippen LogP contribution in [0.4, 0.5) is 17.3 Å². The van der Waals surface area contributed by atoms with Crippen molar-refractivity contribution in [3.8, 4) is 0 Å². The maximum absolute atomic E-state index is 4.69. The molecule has 0 aliphatic heterocycles. The highest BCUT2D eigenvalue weighted by atomic mass is 15.2. The molecule has 3 aromatic rings. The van der Waals surface area contributed by atoms with Crippen molar-refractivity contribution in [2.75, 3.05) is 29.9 Å². The highest BCUT2D eigenvalue weighted by molar-refractivity contribution is 5.63. The minimum Gasteiger partial charge on any atom is -0.359 e. The second-order valence-corrected chi connectivity index (χ2v) is 6.74. The topological polar surface area (TPSA) is 45.2 Å². The molecular formula is C22H27N5. The molecule has 0 bridgehead atoms. The Morgan fingerprint density at radius 2 is 1.67 bits per heavy atom. The molecule has 0 aliphatic carbocycles. The molecule has 1 aromatic carbocycles. The lowest BCUT2D eigenvalue weighted by molar-refractivity contribution is 0.843. The van der Waals surface area contributed by atoms with E-state index in [0.717, 1.165) is 42.7 Å². The van der Waals surface area contributed by atoms with Crippen LogP contribution >= 0.6 is 0 Å². The van der Waals surface area contributed by atoms with E-state index in [1.54, 1.807) is 0 Å². The number of aromatic nitrogens is 3. The first-order chi connectivity index (χ1) is 13.1. The van der Waals surface area contributed by atoms with E-state index in [0.29, 0.717) is 0 Å². The summed E-state index contributed by atoms with van der Waals surface area (Å²) in [4.78, 5) is 17.8. The van der Waals surface area contributed by atoms with Crippen LogP contribution in [0, 0.1) is 13.8 Å². The van der Waals surface area contributed by atoms with Gasteiger partial charge in [-0.15, -0.1) is 0 Å². The lowest BCUT2D eigenvalue weighted by Gasteiger charge is -2.25. The molecule has 0 atom stereocenters. The fourth-order valence-corrected chi connectivity index (χ4v) is 3.10. The van der Waals surface area contributed by atoms with Crippen molar-refractivity contribution in [1.82, 2.24) is 15.0 Å². The molecule has 2 aromatic heterocycles. The maximum Gasteiger partial charge on any atom is 0.138 e. The number of aryl methyl sites for hydroxylation is 2. The molecule has 5 nitrogen and oxygen atoms in total. The smallest absolute Gasteiger partial charge is 0.138 e. The minimum atomic E-state index is 0.782. The van der Waals surface area contributed by atoms with Crippen LogP contribution in [0.1, 0.15) is 23.9 Å². The normalized spacial score (nSPS) is 10.7. The first kappa shape index (κ1) is 18.8. The molecule has 140 valence electrons. The molecule has 27 heavy (non-hydrogen) atoms. The van der Waals surface area contributed by atoms with Gasteiger partial charge in [-0.05, 0) is 62.6 Å². The predicted molar refractivity (Wildman–Crippen MR) is 112 cm³/mol. The van der Waals surface area contributed by atoms with Crippen LogP contribution < -0.4 is 9.80 Å². The summed E-state index contributed by atoms with van der Waals surface area (Å²) in [5.41, 5.74) is 3.67. The number of anilines is 3.